The van der Waals surface area contributed by atoms with Crippen LogP contribution in [0.2, 0.25) is 0 Å². The molecule has 0 aliphatic carbocycles. The van der Waals surface area contributed by atoms with E-state index in [1.54, 1.807) is 19.2 Å². The Morgan fingerprint density at radius 3 is 2.58 bits per heavy atom. The van der Waals surface area contributed by atoms with Crippen molar-refractivity contribution in [2.45, 2.75) is 70.8 Å². The number of benzene rings is 1. The molecule has 0 amide bonds. The van der Waals surface area contributed by atoms with Crippen LogP contribution in [0, 0.1) is 0 Å². The van der Waals surface area contributed by atoms with Crippen molar-refractivity contribution in [2.75, 3.05) is 14.2 Å². The third-order valence-corrected chi connectivity index (χ3v) is 4.35. The van der Waals surface area contributed by atoms with E-state index in [9.17, 15) is 9.90 Å². The molecule has 0 aliphatic heterocycles. The molecule has 0 aliphatic rings. The molecule has 1 aromatic carbocycles. The van der Waals surface area contributed by atoms with Crippen LogP contribution in [0.3, 0.4) is 0 Å². The molecule has 0 unspecified atom stereocenters. The van der Waals surface area contributed by atoms with Gasteiger partial charge >= 0.3 is 0 Å². The van der Waals surface area contributed by atoms with Crippen LogP contribution in [0.5, 0.6) is 11.5 Å². The number of carbonyl (C=O) groups is 1. The van der Waals surface area contributed by atoms with Crippen molar-refractivity contribution < 1.29 is 19.4 Å². The van der Waals surface area contributed by atoms with Crippen LogP contribution in [0.25, 0.3) is 0 Å². The minimum absolute atomic E-state index is 0.0356. The third kappa shape index (κ3) is 7.82. The van der Waals surface area contributed by atoms with Crippen molar-refractivity contribution in [1.82, 2.24) is 0 Å². The van der Waals surface area contributed by atoms with Crippen LogP contribution in [0.4, 0.5) is 0 Å². The summed E-state index contributed by atoms with van der Waals surface area (Å²) in [6.45, 7) is 2.21. The molecule has 0 aromatic heterocycles. The third-order valence-electron chi connectivity index (χ3n) is 4.35. The monoisotopic (exact) mass is 336 g/mol. The van der Waals surface area contributed by atoms with Gasteiger partial charge in [0.2, 0.25) is 0 Å². The topological polar surface area (TPSA) is 55.8 Å². The number of phenolic OH excluding ortho intramolecular Hbond substituents is 1. The van der Waals surface area contributed by atoms with Gasteiger partial charge in [0.1, 0.15) is 5.78 Å². The molecule has 0 fully saturated rings. The van der Waals surface area contributed by atoms with Gasteiger partial charge in [-0.15, -0.1) is 0 Å². The van der Waals surface area contributed by atoms with Crippen LogP contribution in [0.15, 0.2) is 18.2 Å². The van der Waals surface area contributed by atoms with Gasteiger partial charge in [-0.2, -0.15) is 0 Å². The molecule has 1 atom stereocenters. The number of ether oxygens (including phenoxy) is 2. The lowest BCUT2D eigenvalue weighted by molar-refractivity contribution is -0.121. The Balaban J connectivity index is 2.33. The van der Waals surface area contributed by atoms with E-state index in [1.165, 1.54) is 32.8 Å². The molecular formula is C20H32O4. The predicted molar refractivity (Wildman–Crippen MR) is 96.8 cm³/mol. The molecular weight excluding hydrogens is 304 g/mol. The first-order valence-corrected chi connectivity index (χ1v) is 9.01. The Kier molecular flexibility index (Phi) is 10.2. The van der Waals surface area contributed by atoms with E-state index in [4.69, 9.17) is 9.47 Å². The summed E-state index contributed by atoms with van der Waals surface area (Å²) >= 11 is 0. The fraction of sp³-hybridized carbons (Fsp3) is 0.650. The molecule has 0 bridgehead atoms. The Hall–Kier alpha value is -1.55. The van der Waals surface area contributed by atoms with Gasteiger partial charge < -0.3 is 14.6 Å². The number of unbranched alkanes of at least 4 members (excludes halogenated alkanes) is 4. The number of Topliss-reactive ketones (excluding diaryl/α,β-unsaturated/α-hetero) is 1. The van der Waals surface area contributed by atoms with E-state index in [0.29, 0.717) is 25.0 Å². The number of methoxy groups -OCH3 is 2. The van der Waals surface area contributed by atoms with Crippen molar-refractivity contribution >= 4 is 5.78 Å². The molecule has 1 rings (SSSR count). The number of phenols is 1. The Labute approximate surface area is 146 Å². The highest BCUT2D eigenvalue weighted by molar-refractivity contribution is 5.79. The van der Waals surface area contributed by atoms with Crippen LogP contribution < -0.4 is 4.74 Å². The second-order valence-electron chi connectivity index (χ2n) is 6.31. The normalized spacial score (nSPS) is 12.1. The summed E-state index contributed by atoms with van der Waals surface area (Å²) in [5.74, 6) is 0.791. The van der Waals surface area contributed by atoms with Gasteiger partial charge in [-0.3, -0.25) is 4.79 Å². The van der Waals surface area contributed by atoms with Crippen LogP contribution in [0.1, 0.15) is 63.9 Å². The van der Waals surface area contributed by atoms with Crippen LogP contribution in [-0.4, -0.2) is 31.2 Å². The lowest BCUT2D eigenvalue weighted by atomic mass is 10.0. The van der Waals surface area contributed by atoms with Gasteiger partial charge in [0, 0.05) is 20.0 Å². The van der Waals surface area contributed by atoms with Crippen LogP contribution in [-0.2, 0) is 16.0 Å². The zero-order valence-electron chi connectivity index (χ0n) is 15.3. The van der Waals surface area contributed by atoms with Gasteiger partial charge in [0.25, 0.3) is 0 Å². The number of aryl methyl sites for hydroxylation is 1. The summed E-state index contributed by atoms with van der Waals surface area (Å²) in [6, 6.07) is 5.21. The highest BCUT2D eigenvalue weighted by Crippen LogP contribution is 2.26. The van der Waals surface area contributed by atoms with Crippen LogP contribution >= 0.6 is 0 Å². The lowest BCUT2D eigenvalue weighted by Gasteiger charge is -2.14. The number of aromatic hydroxyl groups is 1. The summed E-state index contributed by atoms with van der Waals surface area (Å²) in [4.78, 5) is 12.2. The number of hydrogen-bond donors (Lipinski definition) is 1. The van der Waals surface area contributed by atoms with E-state index >= 15 is 0 Å². The molecule has 1 aromatic rings. The van der Waals surface area contributed by atoms with E-state index in [0.717, 1.165) is 18.4 Å². The Morgan fingerprint density at radius 1 is 1.17 bits per heavy atom. The molecule has 24 heavy (non-hydrogen) atoms. The van der Waals surface area contributed by atoms with Crippen molar-refractivity contribution in [2.24, 2.45) is 0 Å². The van der Waals surface area contributed by atoms with E-state index in [2.05, 4.69) is 6.92 Å². The summed E-state index contributed by atoms with van der Waals surface area (Å²) in [7, 11) is 3.21. The summed E-state index contributed by atoms with van der Waals surface area (Å²) in [5, 5.41) is 9.59. The highest BCUT2D eigenvalue weighted by Gasteiger charge is 2.13. The maximum atomic E-state index is 12.2. The number of ketones is 1. The highest BCUT2D eigenvalue weighted by atomic mass is 16.5. The average Bonchev–Trinajstić information content (AvgIpc) is 2.59. The smallest absolute Gasteiger partial charge is 0.160 e. The summed E-state index contributed by atoms with van der Waals surface area (Å²) < 4.78 is 10.5. The van der Waals surface area contributed by atoms with Crippen molar-refractivity contribution in [3.63, 3.8) is 0 Å². The maximum Gasteiger partial charge on any atom is 0.160 e. The Bertz CT molecular complexity index is 485. The number of hydrogen-bond acceptors (Lipinski definition) is 4. The quantitative estimate of drug-likeness (QED) is 0.532. The van der Waals surface area contributed by atoms with Crippen molar-refractivity contribution in [3.05, 3.63) is 23.8 Å². The largest absolute Gasteiger partial charge is 0.504 e. The minimum Gasteiger partial charge on any atom is -0.504 e. The first-order chi connectivity index (χ1) is 11.6. The molecule has 0 saturated heterocycles. The SMILES string of the molecule is CCCCCCC[C@H](CC(=O)CCc1ccc(O)c(OC)c1)OC. The minimum atomic E-state index is 0.0356. The molecule has 1 N–H and O–H groups in total. The second kappa shape index (κ2) is 11.9. The average molecular weight is 336 g/mol. The standard InChI is InChI=1S/C20H32O4/c1-4-5-6-7-8-9-18(23-2)15-17(21)12-10-16-11-13-19(22)20(14-16)24-3/h11,13-14,18,22H,4-10,12,15H2,1-3H3/t18-/m1/s1. The van der Waals surface area contributed by atoms with Crippen molar-refractivity contribution in [3.8, 4) is 11.5 Å². The summed E-state index contributed by atoms with van der Waals surface area (Å²) in [6.07, 6.45) is 8.76. The molecule has 136 valence electrons. The number of rotatable bonds is 13. The molecule has 0 heterocycles. The second-order valence-corrected chi connectivity index (χ2v) is 6.31. The summed E-state index contributed by atoms with van der Waals surface area (Å²) in [5.41, 5.74) is 0.992. The molecule has 4 nitrogen and oxygen atoms in total. The lowest BCUT2D eigenvalue weighted by Crippen LogP contribution is -2.16. The van der Waals surface area contributed by atoms with Gasteiger partial charge in [0.05, 0.1) is 13.2 Å². The predicted octanol–water partition coefficient (Wildman–Crippen LogP) is 4.67. The zero-order chi connectivity index (χ0) is 17.8. The first kappa shape index (κ1) is 20.5. The number of carbonyl (C=O) groups excluding carboxylic acids is 1. The van der Waals surface area contributed by atoms with Gasteiger partial charge in [-0.25, -0.2) is 0 Å². The van der Waals surface area contributed by atoms with Crippen molar-refractivity contribution in [1.29, 1.82) is 0 Å². The van der Waals surface area contributed by atoms with E-state index in [-0.39, 0.29) is 17.6 Å². The van der Waals surface area contributed by atoms with Gasteiger partial charge in [-0.1, -0.05) is 45.1 Å². The van der Waals surface area contributed by atoms with E-state index < -0.39 is 0 Å². The fourth-order valence-electron chi connectivity index (χ4n) is 2.80. The van der Waals surface area contributed by atoms with E-state index in [1.807, 2.05) is 6.07 Å². The van der Waals surface area contributed by atoms with Gasteiger partial charge in [-0.05, 0) is 30.5 Å². The Morgan fingerprint density at radius 2 is 1.92 bits per heavy atom. The molecule has 0 saturated carbocycles. The molecule has 4 heteroatoms. The maximum absolute atomic E-state index is 12.2. The molecule has 0 spiro atoms. The van der Waals surface area contributed by atoms with Gasteiger partial charge in [0.15, 0.2) is 11.5 Å². The zero-order valence-corrected chi connectivity index (χ0v) is 15.3. The first-order valence-electron chi connectivity index (χ1n) is 9.01. The fourth-order valence-corrected chi connectivity index (χ4v) is 2.80. The molecule has 0 radical (unpaired) electrons.